The van der Waals surface area contributed by atoms with Gasteiger partial charge in [-0.25, -0.2) is 0 Å². The Kier molecular flexibility index (Phi) is 4.58. The summed E-state index contributed by atoms with van der Waals surface area (Å²) < 4.78 is 0. The van der Waals surface area contributed by atoms with Gasteiger partial charge in [0, 0.05) is 24.2 Å². The van der Waals surface area contributed by atoms with E-state index in [0.29, 0.717) is 12.5 Å². The lowest BCUT2D eigenvalue weighted by molar-refractivity contribution is 0.611. The molecule has 3 N–H and O–H groups in total. The van der Waals surface area contributed by atoms with Crippen molar-refractivity contribution in [3.05, 3.63) is 65.7 Å². The van der Waals surface area contributed by atoms with E-state index in [4.69, 9.17) is 5.73 Å². The molecule has 0 aliphatic heterocycles. The van der Waals surface area contributed by atoms with E-state index in [0.717, 1.165) is 5.69 Å². The van der Waals surface area contributed by atoms with E-state index in [9.17, 15) is 0 Å². The molecule has 2 atom stereocenters. The van der Waals surface area contributed by atoms with Gasteiger partial charge < -0.3 is 11.1 Å². The van der Waals surface area contributed by atoms with Crippen molar-refractivity contribution >= 4 is 5.69 Å². The fourth-order valence-electron chi connectivity index (χ4n) is 2.24. The fourth-order valence-corrected chi connectivity index (χ4v) is 2.24. The zero-order valence-corrected chi connectivity index (χ0v) is 11.6. The largest absolute Gasteiger partial charge is 0.380 e. The maximum atomic E-state index is 5.93. The van der Waals surface area contributed by atoms with Gasteiger partial charge in [0.15, 0.2) is 0 Å². The summed E-state index contributed by atoms with van der Waals surface area (Å²) in [5, 5.41) is 3.53. The lowest BCUT2D eigenvalue weighted by Gasteiger charge is -2.25. The summed E-state index contributed by atoms with van der Waals surface area (Å²) in [5.41, 5.74) is 9.64. The van der Waals surface area contributed by atoms with Crippen molar-refractivity contribution in [3.8, 4) is 0 Å². The highest BCUT2D eigenvalue weighted by molar-refractivity contribution is 5.46. The van der Waals surface area contributed by atoms with Crippen LogP contribution in [0.3, 0.4) is 0 Å². The summed E-state index contributed by atoms with van der Waals surface area (Å²) in [7, 11) is 0. The Bertz CT molecular complexity index is 490. The molecule has 0 bridgehead atoms. The topological polar surface area (TPSA) is 38.0 Å². The van der Waals surface area contributed by atoms with Crippen LogP contribution in [0, 0.1) is 6.92 Å². The van der Waals surface area contributed by atoms with Gasteiger partial charge in [0.1, 0.15) is 0 Å². The first-order valence-corrected chi connectivity index (χ1v) is 6.79. The van der Waals surface area contributed by atoms with Crippen molar-refractivity contribution in [2.45, 2.75) is 25.8 Å². The molecule has 19 heavy (non-hydrogen) atoms. The van der Waals surface area contributed by atoms with Crippen molar-refractivity contribution in [1.29, 1.82) is 0 Å². The molecule has 2 heteroatoms. The smallest absolute Gasteiger partial charge is 0.0449 e. The maximum Gasteiger partial charge on any atom is 0.0449 e. The molecular formula is C17H22N2. The molecule has 0 saturated heterocycles. The summed E-state index contributed by atoms with van der Waals surface area (Å²) in [5.74, 6) is 0.382. The summed E-state index contributed by atoms with van der Waals surface area (Å²) in [6.45, 7) is 4.93. The second-order valence-electron chi connectivity index (χ2n) is 5.05. The van der Waals surface area contributed by atoms with Gasteiger partial charge in [-0.3, -0.25) is 0 Å². The number of benzene rings is 2. The third kappa shape index (κ3) is 3.58. The molecule has 2 unspecified atom stereocenters. The average molecular weight is 254 g/mol. The third-order valence-electron chi connectivity index (χ3n) is 3.59. The number of hydrogen-bond donors (Lipinski definition) is 2. The van der Waals surface area contributed by atoms with Crippen LogP contribution in [0.1, 0.15) is 24.0 Å². The van der Waals surface area contributed by atoms with Crippen LogP contribution in [0.2, 0.25) is 0 Å². The molecule has 0 aliphatic rings. The van der Waals surface area contributed by atoms with Crippen LogP contribution in [0.25, 0.3) is 0 Å². The van der Waals surface area contributed by atoms with Crippen molar-refractivity contribution in [2.75, 3.05) is 11.9 Å². The predicted octanol–water partition coefficient (Wildman–Crippen LogP) is 3.54. The van der Waals surface area contributed by atoms with Gasteiger partial charge in [-0.2, -0.15) is 0 Å². The van der Waals surface area contributed by atoms with E-state index in [-0.39, 0.29) is 6.04 Å². The minimum Gasteiger partial charge on any atom is -0.380 e. The first-order valence-electron chi connectivity index (χ1n) is 6.79. The molecule has 0 saturated carbocycles. The predicted molar refractivity (Wildman–Crippen MR) is 82.5 cm³/mol. The molecular weight excluding hydrogens is 232 g/mol. The Morgan fingerprint density at radius 1 is 1.00 bits per heavy atom. The molecule has 0 radical (unpaired) electrons. The molecule has 2 rings (SSSR count). The van der Waals surface area contributed by atoms with Crippen molar-refractivity contribution < 1.29 is 0 Å². The summed E-state index contributed by atoms with van der Waals surface area (Å²) >= 11 is 0. The molecule has 100 valence electrons. The van der Waals surface area contributed by atoms with Gasteiger partial charge in [-0.1, -0.05) is 55.0 Å². The molecule has 2 aromatic rings. The van der Waals surface area contributed by atoms with Crippen LogP contribution in [-0.2, 0) is 0 Å². The third-order valence-corrected chi connectivity index (χ3v) is 3.59. The minimum absolute atomic E-state index is 0.241. The number of hydrogen-bond acceptors (Lipinski definition) is 2. The lowest BCUT2D eigenvalue weighted by Crippen LogP contribution is -2.33. The molecule has 0 heterocycles. The van der Waals surface area contributed by atoms with E-state index in [1.54, 1.807) is 0 Å². The van der Waals surface area contributed by atoms with Gasteiger partial charge in [-0.05, 0) is 24.6 Å². The maximum absolute atomic E-state index is 5.93. The van der Waals surface area contributed by atoms with E-state index in [2.05, 4.69) is 67.7 Å². The Labute approximate surface area is 115 Å². The van der Waals surface area contributed by atoms with Crippen LogP contribution in [0.5, 0.6) is 0 Å². The number of nitrogens with two attached hydrogens (primary N) is 1. The highest BCUT2D eigenvalue weighted by atomic mass is 14.9. The number of rotatable bonds is 5. The van der Waals surface area contributed by atoms with Crippen molar-refractivity contribution in [3.63, 3.8) is 0 Å². The van der Waals surface area contributed by atoms with Crippen LogP contribution in [0.4, 0.5) is 5.69 Å². The molecule has 2 aromatic carbocycles. The van der Waals surface area contributed by atoms with Crippen molar-refractivity contribution in [2.24, 2.45) is 5.73 Å². The normalized spacial score (nSPS) is 13.8. The number of aryl methyl sites for hydroxylation is 1. The van der Waals surface area contributed by atoms with Gasteiger partial charge in [0.25, 0.3) is 0 Å². The van der Waals surface area contributed by atoms with Gasteiger partial charge in [0.2, 0.25) is 0 Å². The second kappa shape index (κ2) is 6.39. The Hall–Kier alpha value is -1.80. The Balaban J connectivity index is 2.10. The quantitative estimate of drug-likeness (QED) is 0.856. The zero-order chi connectivity index (χ0) is 13.7. The van der Waals surface area contributed by atoms with Crippen LogP contribution in [-0.4, -0.2) is 12.6 Å². The number of anilines is 1. The molecule has 0 fully saturated rings. The van der Waals surface area contributed by atoms with E-state index < -0.39 is 0 Å². The summed E-state index contributed by atoms with van der Waals surface area (Å²) in [4.78, 5) is 0. The Morgan fingerprint density at radius 2 is 1.63 bits per heavy atom. The number of nitrogens with one attached hydrogen (secondary N) is 1. The molecule has 2 nitrogen and oxygen atoms in total. The Morgan fingerprint density at radius 3 is 2.21 bits per heavy atom. The van der Waals surface area contributed by atoms with Crippen LogP contribution < -0.4 is 11.1 Å². The van der Waals surface area contributed by atoms with Gasteiger partial charge >= 0.3 is 0 Å². The molecule has 0 spiro atoms. The average Bonchev–Trinajstić information content (AvgIpc) is 2.47. The van der Waals surface area contributed by atoms with E-state index >= 15 is 0 Å². The van der Waals surface area contributed by atoms with Crippen LogP contribution >= 0.6 is 0 Å². The van der Waals surface area contributed by atoms with E-state index in [1.165, 1.54) is 11.1 Å². The monoisotopic (exact) mass is 254 g/mol. The highest BCUT2D eigenvalue weighted by Crippen LogP contribution is 2.21. The van der Waals surface area contributed by atoms with E-state index in [1.807, 2.05) is 6.07 Å². The van der Waals surface area contributed by atoms with Gasteiger partial charge in [0.05, 0.1) is 0 Å². The first-order chi connectivity index (χ1) is 9.20. The lowest BCUT2D eigenvalue weighted by atomic mass is 9.93. The highest BCUT2D eigenvalue weighted by Gasteiger charge is 2.17. The standard InChI is InChI=1S/C17H22N2/c1-13-8-10-16(11-9-13)19-17(12-18)14(2)15-6-4-3-5-7-15/h3-11,14,17,19H,12,18H2,1-2H3. The van der Waals surface area contributed by atoms with Crippen molar-refractivity contribution in [1.82, 2.24) is 0 Å². The van der Waals surface area contributed by atoms with Gasteiger partial charge in [-0.15, -0.1) is 0 Å². The molecule has 0 aromatic heterocycles. The SMILES string of the molecule is Cc1ccc(NC(CN)C(C)c2ccccc2)cc1. The molecule has 0 aliphatic carbocycles. The van der Waals surface area contributed by atoms with Crippen LogP contribution in [0.15, 0.2) is 54.6 Å². The second-order valence-corrected chi connectivity index (χ2v) is 5.05. The summed E-state index contributed by atoms with van der Waals surface area (Å²) in [6.07, 6.45) is 0. The minimum atomic E-state index is 0.241. The first kappa shape index (κ1) is 13.6. The molecule has 0 amide bonds. The zero-order valence-electron chi connectivity index (χ0n) is 11.6. The summed E-state index contributed by atoms with van der Waals surface area (Å²) in [6, 6.07) is 19.2. The fraction of sp³-hybridized carbons (Fsp3) is 0.294.